The van der Waals surface area contributed by atoms with E-state index in [9.17, 15) is 0 Å². The molecule has 1 unspecified atom stereocenters. The Kier molecular flexibility index (Phi) is 2.50. The van der Waals surface area contributed by atoms with Gasteiger partial charge in [-0.3, -0.25) is 0 Å². The molecule has 0 aromatic carbocycles. The normalized spacial score (nSPS) is 23.8. The Morgan fingerprint density at radius 2 is 2.70 bits per heavy atom. The Hall–Kier alpha value is -0.770. The van der Waals surface area contributed by atoms with Crippen molar-refractivity contribution in [2.75, 3.05) is 13.2 Å². The molecule has 0 radical (unpaired) electrons. The molecule has 1 heterocycles. The molecule has 10 heavy (non-hydrogen) atoms. The van der Waals surface area contributed by atoms with E-state index in [4.69, 9.17) is 14.7 Å². The van der Waals surface area contributed by atoms with Crippen LogP contribution in [0.2, 0.25) is 0 Å². The summed E-state index contributed by atoms with van der Waals surface area (Å²) in [6.07, 6.45) is 0.395. The van der Waals surface area contributed by atoms with Crippen molar-refractivity contribution in [3.63, 3.8) is 0 Å². The van der Waals surface area contributed by atoms with Gasteiger partial charge in [0.2, 0.25) is 5.90 Å². The minimum Gasteiger partial charge on any atom is -0.479 e. The third-order valence-electron chi connectivity index (χ3n) is 1.22. The lowest BCUT2D eigenvalue weighted by atomic mass is 10.3. The summed E-state index contributed by atoms with van der Waals surface area (Å²) in [6.45, 7) is 2.48. The molecule has 1 aliphatic rings. The highest BCUT2D eigenvalue weighted by Gasteiger charge is 2.20. The maximum atomic E-state index is 8.60. The maximum absolute atomic E-state index is 8.60. The summed E-state index contributed by atoms with van der Waals surface area (Å²) in [5.74, 6) is 0.585. The molecule has 0 aromatic heterocycles. The molecule has 0 fully saturated rings. The van der Waals surface area contributed by atoms with E-state index < -0.39 is 0 Å². The van der Waals surface area contributed by atoms with Crippen molar-refractivity contribution in [3.8, 4) is 0 Å². The minimum atomic E-state index is -0.193. The van der Waals surface area contributed by atoms with Gasteiger partial charge in [0, 0.05) is 0 Å². The first-order valence-corrected chi connectivity index (χ1v) is 3.33. The van der Waals surface area contributed by atoms with Gasteiger partial charge in [0.15, 0.2) is 6.10 Å². The van der Waals surface area contributed by atoms with E-state index in [0.717, 1.165) is 0 Å². The van der Waals surface area contributed by atoms with Gasteiger partial charge in [-0.1, -0.05) is 5.16 Å². The second-order valence-electron chi connectivity index (χ2n) is 2.03. The van der Waals surface area contributed by atoms with Gasteiger partial charge in [-0.15, -0.1) is 0 Å². The fraction of sp³-hybridized carbons (Fsp3) is 0.833. The molecule has 1 aliphatic heterocycles. The Morgan fingerprint density at radius 3 is 3.20 bits per heavy atom. The smallest absolute Gasteiger partial charge is 0.229 e. The van der Waals surface area contributed by atoms with Crippen molar-refractivity contribution in [1.29, 1.82) is 0 Å². The number of rotatable bonds is 2. The van der Waals surface area contributed by atoms with Crippen LogP contribution in [0.25, 0.3) is 0 Å². The van der Waals surface area contributed by atoms with Crippen molar-refractivity contribution in [1.82, 2.24) is 0 Å². The molecular formula is C6H11NO3. The van der Waals surface area contributed by atoms with E-state index in [1.807, 2.05) is 6.92 Å². The SMILES string of the molecule is CCOC1=NOC(CO)C1. The van der Waals surface area contributed by atoms with Crippen molar-refractivity contribution in [3.05, 3.63) is 0 Å². The highest BCUT2D eigenvalue weighted by molar-refractivity contribution is 5.77. The lowest BCUT2D eigenvalue weighted by Crippen LogP contribution is -2.13. The number of nitrogens with zero attached hydrogens (tertiary/aromatic N) is 1. The van der Waals surface area contributed by atoms with E-state index in [1.165, 1.54) is 0 Å². The number of hydrogen-bond donors (Lipinski definition) is 1. The zero-order chi connectivity index (χ0) is 7.40. The molecule has 0 amide bonds. The van der Waals surface area contributed by atoms with Gasteiger partial charge in [0.25, 0.3) is 0 Å². The van der Waals surface area contributed by atoms with Crippen LogP contribution in [0.3, 0.4) is 0 Å². The van der Waals surface area contributed by atoms with E-state index in [1.54, 1.807) is 0 Å². The molecule has 0 spiro atoms. The zero-order valence-electron chi connectivity index (χ0n) is 5.91. The Morgan fingerprint density at radius 1 is 1.90 bits per heavy atom. The molecule has 0 bridgehead atoms. The molecule has 0 aliphatic carbocycles. The molecule has 0 saturated carbocycles. The van der Waals surface area contributed by atoms with Crippen LogP contribution in [-0.4, -0.2) is 30.3 Å². The fourth-order valence-corrected chi connectivity index (χ4v) is 0.752. The Bertz CT molecular complexity index is 135. The van der Waals surface area contributed by atoms with E-state index in [2.05, 4.69) is 5.16 Å². The summed E-state index contributed by atoms with van der Waals surface area (Å²) in [7, 11) is 0. The summed E-state index contributed by atoms with van der Waals surface area (Å²) in [6, 6.07) is 0. The second-order valence-corrected chi connectivity index (χ2v) is 2.03. The third kappa shape index (κ3) is 1.60. The first-order valence-electron chi connectivity index (χ1n) is 3.33. The van der Waals surface area contributed by atoms with Gasteiger partial charge in [0.05, 0.1) is 19.6 Å². The van der Waals surface area contributed by atoms with Crippen LogP contribution in [0.5, 0.6) is 0 Å². The average molecular weight is 145 g/mol. The van der Waals surface area contributed by atoms with Crippen LogP contribution >= 0.6 is 0 Å². The Balaban J connectivity index is 2.25. The quantitative estimate of drug-likeness (QED) is 0.600. The molecule has 1 rings (SSSR count). The Labute approximate surface area is 59.4 Å². The van der Waals surface area contributed by atoms with Crippen molar-refractivity contribution in [2.24, 2.45) is 5.16 Å². The van der Waals surface area contributed by atoms with E-state index in [0.29, 0.717) is 18.9 Å². The summed E-state index contributed by atoms with van der Waals surface area (Å²) in [4.78, 5) is 4.78. The predicted octanol–water partition coefficient (Wildman–Crippen LogP) is 0.118. The van der Waals surface area contributed by atoms with Gasteiger partial charge in [0.1, 0.15) is 0 Å². The summed E-state index contributed by atoms with van der Waals surface area (Å²) in [5, 5.41) is 12.2. The predicted molar refractivity (Wildman–Crippen MR) is 35.6 cm³/mol. The van der Waals surface area contributed by atoms with Crippen LogP contribution in [0.15, 0.2) is 5.16 Å². The highest BCUT2D eigenvalue weighted by atomic mass is 16.7. The highest BCUT2D eigenvalue weighted by Crippen LogP contribution is 2.09. The summed E-state index contributed by atoms with van der Waals surface area (Å²) >= 11 is 0. The molecule has 1 atom stereocenters. The van der Waals surface area contributed by atoms with Crippen LogP contribution in [0.4, 0.5) is 0 Å². The molecule has 4 heteroatoms. The molecular weight excluding hydrogens is 134 g/mol. The standard InChI is InChI=1S/C6H11NO3/c1-2-9-6-3-5(4-8)10-7-6/h5,8H,2-4H2,1H3. The lowest BCUT2D eigenvalue weighted by molar-refractivity contribution is 0.0389. The molecule has 0 saturated heterocycles. The van der Waals surface area contributed by atoms with Crippen molar-refractivity contribution < 1.29 is 14.7 Å². The van der Waals surface area contributed by atoms with Crippen LogP contribution in [-0.2, 0) is 9.57 Å². The molecule has 4 nitrogen and oxygen atoms in total. The lowest BCUT2D eigenvalue weighted by Gasteiger charge is -2.00. The minimum absolute atomic E-state index is 0.0000737. The molecule has 58 valence electrons. The average Bonchev–Trinajstić information content (AvgIpc) is 2.37. The largest absolute Gasteiger partial charge is 0.479 e. The summed E-state index contributed by atoms with van der Waals surface area (Å²) < 4.78 is 5.05. The summed E-state index contributed by atoms with van der Waals surface area (Å²) in [5.41, 5.74) is 0. The first-order chi connectivity index (χ1) is 4.86. The van der Waals surface area contributed by atoms with Crippen molar-refractivity contribution >= 4 is 5.90 Å². The number of aliphatic hydroxyl groups is 1. The van der Waals surface area contributed by atoms with Crippen molar-refractivity contribution in [2.45, 2.75) is 19.4 Å². The monoisotopic (exact) mass is 145 g/mol. The number of aliphatic hydroxyl groups excluding tert-OH is 1. The van der Waals surface area contributed by atoms with Crippen LogP contribution < -0.4 is 0 Å². The van der Waals surface area contributed by atoms with Gasteiger partial charge in [-0.2, -0.15) is 0 Å². The van der Waals surface area contributed by atoms with E-state index >= 15 is 0 Å². The van der Waals surface area contributed by atoms with Crippen LogP contribution in [0, 0.1) is 0 Å². The molecule has 0 aromatic rings. The number of oxime groups is 1. The molecule has 1 N–H and O–H groups in total. The van der Waals surface area contributed by atoms with Gasteiger partial charge >= 0.3 is 0 Å². The van der Waals surface area contributed by atoms with Gasteiger partial charge < -0.3 is 14.7 Å². The van der Waals surface area contributed by atoms with E-state index in [-0.39, 0.29) is 12.7 Å². The maximum Gasteiger partial charge on any atom is 0.229 e. The number of ether oxygens (including phenoxy) is 1. The third-order valence-corrected chi connectivity index (χ3v) is 1.22. The van der Waals surface area contributed by atoms with Gasteiger partial charge in [-0.25, -0.2) is 0 Å². The zero-order valence-corrected chi connectivity index (χ0v) is 5.91. The topological polar surface area (TPSA) is 51.0 Å². The fourth-order valence-electron chi connectivity index (χ4n) is 0.752. The van der Waals surface area contributed by atoms with Gasteiger partial charge in [-0.05, 0) is 6.92 Å². The first kappa shape index (κ1) is 7.34. The number of hydrogen-bond acceptors (Lipinski definition) is 4. The van der Waals surface area contributed by atoms with Crippen LogP contribution in [0.1, 0.15) is 13.3 Å². The second kappa shape index (κ2) is 3.41.